The molecule has 1 aliphatic heterocycles. The Bertz CT molecular complexity index is 730. The fourth-order valence-corrected chi connectivity index (χ4v) is 2.66. The summed E-state index contributed by atoms with van der Waals surface area (Å²) >= 11 is 0. The zero-order valence-electron chi connectivity index (χ0n) is 14.2. The van der Waals surface area contributed by atoms with E-state index in [0.717, 1.165) is 11.3 Å². The van der Waals surface area contributed by atoms with Gasteiger partial charge in [-0.1, -0.05) is 12.1 Å². The van der Waals surface area contributed by atoms with Crippen LogP contribution in [0.4, 0.5) is 10.3 Å². The highest BCUT2D eigenvalue weighted by Crippen LogP contribution is 2.10. The molecule has 0 unspecified atom stereocenters. The van der Waals surface area contributed by atoms with E-state index in [1.165, 1.54) is 12.1 Å². The average molecular weight is 344 g/mol. The van der Waals surface area contributed by atoms with E-state index in [1.807, 2.05) is 6.92 Å². The maximum atomic E-state index is 12.9. The van der Waals surface area contributed by atoms with Crippen molar-refractivity contribution in [2.24, 2.45) is 0 Å². The van der Waals surface area contributed by atoms with Crippen LogP contribution in [0.25, 0.3) is 0 Å². The van der Waals surface area contributed by atoms with Crippen LogP contribution in [0.3, 0.4) is 0 Å². The minimum atomic E-state index is -0.245. The number of aromatic nitrogens is 2. The van der Waals surface area contributed by atoms with E-state index < -0.39 is 0 Å². The molecule has 7 heteroatoms. The highest BCUT2D eigenvalue weighted by molar-refractivity contribution is 5.92. The predicted molar refractivity (Wildman–Crippen MR) is 92.1 cm³/mol. The number of nitrogens with one attached hydrogen (secondary N) is 1. The van der Waals surface area contributed by atoms with Crippen LogP contribution in [0.5, 0.6) is 0 Å². The molecular formula is C18H21FN4O2. The van der Waals surface area contributed by atoms with Crippen LogP contribution in [0.2, 0.25) is 0 Å². The highest BCUT2D eigenvalue weighted by atomic mass is 19.1. The summed E-state index contributed by atoms with van der Waals surface area (Å²) in [6.07, 6.45) is 0.713. The summed E-state index contributed by atoms with van der Waals surface area (Å²) in [7, 11) is 0. The number of aryl methyl sites for hydroxylation is 1. The van der Waals surface area contributed by atoms with Crippen LogP contribution < -0.4 is 5.32 Å². The molecule has 1 N–H and O–H groups in total. The van der Waals surface area contributed by atoms with Gasteiger partial charge in [-0.15, -0.1) is 0 Å². The molecular weight excluding hydrogens is 323 g/mol. The number of ether oxygens (including phenoxy) is 1. The van der Waals surface area contributed by atoms with E-state index in [9.17, 15) is 9.18 Å². The van der Waals surface area contributed by atoms with Crippen LogP contribution in [0.15, 0.2) is 30.3 Å². The Balaban J connectivity index is 1.62. The third kappa shape index (κ3) is 4.73. The maximum Gasteiger partial charge on any atom is 0.272 e. The molecule has 0 aliphatic carbocycles. The Kier molecular flexibility index (Phi) is 5.55. The van der Waals surface area contributed by atoms with Crippen molar-refractivity contribution in [2.75, 3.05) is 38.2 Å². The van der Waals surface area contributed by atoms with E-state index in [1.54, 1.807) is 23.1 Å². The molecule has 2 heterocycles. The number of carbonyl (C=O) groups excluding carboxylic acids is 1. The number of nitrogens with zero attached hydrogens (tertiary/aromatic N) is 3. The van der Waals surface area contributed by atoms with Crippen molar-refractivity contribution in [2.45, 2.75) is 13.3 Å². The second kappa shape index (κ2) is 8.02. The molecule has 0 saturated carbocycles. The van der Waals surface area contributed by atoms with Gasteiger partial charge in [0, 0.05) is 25.3 Å². The number of amides is 1. The van der Waals surface area contributed by atoms with Gasteiger partial charge in [0.25, 0.3) is 5.91 Å². The van der Waals surface area contributed by atoms with E-state index in [0.29, 0.717) is 50.9 Å². The molecule has 132 valence electrons. The van der Waals surface area contributed by atoms with Gasteiger partial charge in [-0.25, -0.2) is 14.4 Å². The zero-order chi connectivity index (χ0) is 17.6. The van der Waals surface area contributed by atoms with Crippen LogP contribution in [0, 0.1) is 12.7 Å². The van der Waals surface area contributed by atoms with Crippen molar-refractivity contribution in [3.63, 3.8) is 0 Å². The quantitative estimate of drug-likeness (QED) is 0.899. The number of hydrogen-bond donors (Lipinski definition) is 1. The van der Waals surface area contributed by atoms with Crippen molar-refractivity contribution in [3.05, 3.63) is 53.1 Å². The van der Waals surface area contributed by atoms with Crippen molar-refractivity contribution >= 4 is 11.9 Å². The molecule has 0 spiro atoms. The Morgan fingerprint density at radius 3 is 2.68 bits per heavy atom. The normalized spacial score (nSPS) is 14.4. The Hall–Kier alpha value is -2.54. The van der Waals surface area contributed by atoms with E-state index in [4.69, 9.17) is 4.74 Å². The SMILES string of the molecule is Cc1cc(C(=O)N2CCOCC2)nc(NCCc2ccc(F)cc2)n1. The lowest BCUT2D eigenvalue weighted by molar-refractivity contribution is 0.0299. The molecule has 0 atom stereocenters. The summed E-state index contributed by atoms with van der Waals surface area (Å²) in [5, 5.41) is 3.14. The first-order valence-electron chi connectivity index (χ1n) is 8.33. The van der Waals surface area contributed by atoms with Gasteiger partial charge >= 0.3 is 0 Å². The van der Waals surface area contributed by atoms with Gasteiger partial charge < -0.3 is 15.0 Å². The van der Waals surface area contributed by atoms with Gasteiger partial charge in [0.15, 0.2) is 0 Å². The van der Waals surface area contributed by atoms with E-state index in [2.05, 4.69) is 15.3 Å². The van der Waals surface area contributed by atoms with Crippen LogP contribution >= 0.6 is 0 Å². The lowest BCUT2D eigenvalue weighted by Crippen LogP contribution is -2.41. The predicted octanol–water partition coefficient (Wildman–Crippen LogP) is 2.05. The number of hydrogen-bond acceptors (Lipinski definition) is 5. The largest absolute Gasteiger partial charge is 0.378 e. The average Bonchev–Trinajstić information content (AvgIpc) is 2.63. The molecule has 1 aromatic carbocycles. The molecule has 25 heavy (non-hydrogen) atoms. The Morgan fingerprint density at radius 2 is 1.96 bits per heavy atom. The fourth-order valence-electron chi connectivity index (χ4n) is 2.66. The molecule has 0 bridgehead atoms. The molecule has 1 aromatic heterocycles. The van der Waals surface area contributed by atoms with Gasteiger partial charge in [0.1, 0.15) is 11.5 Å². The summed E-state index contributed by atoms with van der Waals surface area (Å²) in [5.41, 5.74) is 2.14. The van der Waals surface area contributed by atoms with Gasteiger partial charge in [0.2, 0.25) is 5.95 Å². The van der Waals surface area contributed by atoms with Crippen molar-refractivity contribution in [3.8, 4) is 0 Å². The summed E-state index contributed by atoms with van der Waals surface area (Å²) in [6.45, 7) is 4.70. The number of benzene rings is 1. The first-order chi connectivity index (χ1) is 12.1. The molecule has 3 rings (SSSR count). The monoisotopic (exact) mass is 344 g/mol. The summed E-state index contributed by atoms with van der Waals surface area (Å²) in [5.74, 6) is 0.0825. The first-order valence-corrected chi connectivity index (χ1v) is 8.33. The topological polar surface area (TPSA) is 67.4 Å². The van der Waals surface area contributed by atoms with Crippen molar-refractivity contribution in [1.29, 1.82) is 0 Å². The summed E-state index contributed by atoms with van der Waals surface area (Å²) in [6, 6.07) is 8.08. The standard InChI is InChI=1S/C18H21FN4O2/c1-13-12-16(17(24)23-8-10-25-11-9-23)22-18(21-13)20-7-6-14-2-4-15(19)5-3-14/h2-5,12H,6-11H2,1H3,(H,20,21,22). The molecule has 0 radical (unpaired) electrons. The molecule has 1 fully saturated rings. The van der Waals surface area contributed by atoms with Gasteiger partial charge in [-0.3, -0.25) is 4.79 Å². The molecule has 1 aliphatic rings. The fraction of sp³-hybridized carbons (Fsp3) is 0.389. The minimum absolute atomic E-state index is 0.101. The number of carbonyl (C=O) groups is 1. The van der Waals surface area contributed by atoms with Crippen LogP contribution in [0.1, 0.15) is 21.7 Å². The van der Waals surface area contributed by atoms with Crippen molar-refractivity contribution in [1.82, 2.24) is 14.9 Å². The molecule has 1 amide bonds. The highest BCUT2D eigenvalue weighted by Gasteiger charge is 2.20. The van der Waals surface area contributed by atoms with Gasteiger partial charge in [-0.2, -0.15) is 0 Å². The zero-order valence-corrected chi connectivity index (χ0v) is 14.2. The smallest absolute Gasteiger partial charge is 0.272 e. The first kappa shape index (κ1) is 17.3. The number of anilines is 1. The molecule has 2 aromatic rings. The summed E-state index contributed by atoms with van der Waals surface area (Å²) in [4.78, 5) is 23.0. The summed E-state index contributed by atoms with van der Waals surface area (Å²) < 4.78 is 18.2. The van der Waals surface area contributed by atoms with Gasteiger partial charge in [-0.05, 0) is 37.1 Å². The van der Waals surface area contributed by atoms with Crippen LogP contribution in [-0.4, -0.2) is 53.6 Å². The Labute approximate surface area is 146 Å². The van der Waals surface area contributed by atoms with Gasteiger partial charge in [0.05, 0.1) is 13.2 Å². The number of rotatable bonds is 5. The second-order valence-electron chi connectivity index (χ2n) is 5.93. The number of halogens is 1. The third-order valence-electron chi connectivity index (χ3n) is 3.98. The lowest BCUT2D eigenvalue weighted by atomic mass is 10.1. The lowest BCUT2D eigenvalue weighted by Gasteiger charge is -2.26. The maximum absolute atomic E-state index is 12.9. The van der Waals surface area contributed by atoms with E-state index in [-0.39, 0.29) is 11.7 Å². The Morgan fingerprint density at radius 1 is 1.24 bits per heavy atom. The van der Waals surface area contributed by atoms with Crippen molar-refractivity contribution < 1.29 is 13.9 Å². The number of morpholine rings is 1. The minimum Gasteiger partial charge on any atom is -0.378 e. The second-order valence-corrected chi connectivity index (χ2v) is 5.93. The molecule has 1 saturated heterocycles. The van der Waals surface area contributed by atoms with E-state index >= 15 is 0 Å². The third-order valence-corrected chi connectivity index (χ3v) is 3.98. The molecule has 6 nitrogen and oxygen atoms in total. The van der Waals surface area contributed by atoms with Crippen LogP contribution in [-0.2, 0) is 11.2 Å².